The van der Waals surface area contributed by atoms with Crippen LogP contribution in [0, 0.1) is 0 Å². The molecule has 21 heavy (non-hydrogen) atoms. The first-order valence-corrected chi connectivity index (χ1v) is 7.68. The van der Waals surface area contributed by atoms with Gasteiger partial charge in [-0.25, -0.2) is 4.79 Å². The third-order valence-electron chi connectivity index (χ3n) is 3.18. The van der Waals surface area contributed by atoms with E-state index in [1.807, 2.05) is 24.3 Å². The summed E-state index contributed by atoms with van der Waals surface area (Å²) in [5.41, 5.74) is 2.47. The van der Waals surface area contributed by atoms with Gasteiger partial charge in [0, 0.05) is 17.1 Å². The Hall–Kier alpha value is -1.70. The molecule has 0 unspecified atom stereocenters. The van der Waals surface area contributed by atoms with Crippen LogP contribution < -0.4 is 5.32 Å². The highest BCUT2D eigenvalue weighted by atomic mass is 35.5. The lowest BCUT2D eigenvalue weighted by Gasteiger charge is -2.33. The van der Waals surface area contributed by atoms with Gasteiger partial charge in [0.2, 0.25) is 5.13 Å². The van der Waals surface area contributed by atoms with Crippen molar-refractivity contribution in [3.8, 4) is 0 Å². The Bertz CT molecular complexity index is 622. The van der Waals surface area contributed by atoms with Crippen LogP contribution in [-0.2, 0) is 4.74 Å². The first kappa shape index (κ1) is 14.2. The fraction of sp³-hybridized carbons (Fsp3) is 0.308. The average Bonchev–Trinajstić information content (AvgIpc) is 3.01. The van der Waals surface area contributed by atoms with E-state index in [1.54, 1.807) is 10.4 Å². The maximum Gasteiger partial charge on any atom is 0.323 e. The standard InChI is InChI=1S/C13H13ClN4O2S/c14-10-4-2-1-3-9(10)11-7-18(5-6-20-11)13(19)16-12-17-15-8-21-12/h1-4,8,11H,5-7H2,(H,16,17,19)/t11-/m0/s1. The number of morpholine rings is 1. The number of nitrogens with one attached hydrogen (secondary N) is 1. The molecule has 0 radical (unpaired) electrons. The molecule has 1 aromatic carbocycles. The van der Waals surface area contributed by atoms with Gasteiger partial charge in [0.15, 0.2) is 0 Å². The van der Waals surface area contributed by atoms with E-state index in [9.17, 15) is 4.79 Å². The van der Waals surface area contributed by atoms with Crippen LogP contribution in [0.15, 0.2) is 29.8 Å². The van der Waals surface area contributed by atoms with Gasteiger partial charge in [0.25, 0.3) is 0 Å². The van der Waals surface area contributed by atoms with E-state index in [2.05, 4.69) is 15.5 Å². The summed E-state index contributed by atoms with van der Waals surface area (Å²) < 4.78 is 5.73. The van der Waals surface area contributed by atoms with E-state index >= 15 is 0 Å². The van der Waals surface area contributed by atoms with Gasteiger partial charge < -0.3 is 9.64 Å². The van der Waals surface area contributed by atoms with E-state index in [0.29, 0.717) is 29.9 Å². The van der Waals surface area contributed by atoms with E-state index in [0.717, 1.165) is 5.56 Å². The first-order chi connectivity index (χ1) is 10.2. The second kappa shape index (κ2) is 6.38. The predicted octanol–water partition coefficient (Wildman–Crippen LogP) is 2.80. The van der Waals surface area contributed by atoms with Crippen molar-refractivity contribution in [3.05, 3.63) is 40.4 Å². The molecule has 1 N–H and O–H groups in total. The summed E-state index contributed by atoms with van der Waals surface area (Å²) in [4.78, 5) is 13.9. The molecule has 0 spiro atoms. The molecule has 1 aliphatic heterocycles. The largest absolute Gasteiger partial charge is 0.370 e. The van der Waals surface area contributed by atoms with Crippen molar-refractivity contribution in [2.75, 3.05) is 25.0 Å². The second-order valence-corrected chi connectivity index (χ2v) is 5.74. The number of rotatable bonds is 2. The minimum atomic E-state index is -0.215. The van der Waals surface area contributed by atoms with Crippen LogP contribution in [0.5, 0.6) is 0 Å². The Balaban J connectivity index is 1.68. The summed E-state index contributed by atoms with van der Waals surface area (Å²) in [5.74, 6) is 0. The number of nitrogens with zero attached hydrogens (tertiary/aromatic N) is 3. The van der Waals surface area contributed by atoms with Crippen LogP contribution in [0.3, 0.4) is 0 Å². The number of carbonyl (C=O) groups is 1. The molecule has 2 amide bonds. The SMILES string of the molecule is O=C(Nc1nncs1)N1CCO[C@H](c2ccccc2Cl)C1. The molecule has 0 saturated carbocycles. The number of hydrogen-bond acceptors (Lipinski definition) is 5. The van der Waals surface area contributed by atoms with E-state index in [-0.39, 0.29) is 12.1 Å². The van der Waals surface area contributed by atoms with Gasteiger partial charge in [0.1, 0.15) is 11.6 Å². The smallest absolute Gasteiger partial charge is 0.323 e. The first-order valence-electron chi connectivity index (χ1n) is 6.42. The van der Waals surface area contributed by atoms with Crippen molar-refractivity contribution >= 4 is 34.1 Å². The zero-order chi connectivity index (χ0) is 14.7. The molecular formula is C13H13ClN4O2S. The Morgan fingerprint density at radius 2 is 2.33 bits per heavy atom. The summed E-state index contributed by atoms with van der Waals surface area (Å²) in [7, 11) is 0. The maximum absolute atomic E-state index is 12.2. The van der Waals surface area contributed by atoms with Crippen LogP contribution >= 0.6 is 22.9 Å². The third kappa shape index (κ3) is 3.31. The van der Waals surface area contributed by atoms with E-state index < -0.39 is 0 Å². The zero-order valence-corrected chi connectivity index (χ0v) is 12.6. The van der Waals surface area contributed by atoms with Gasteiger partial charge in [-0.05, 0) is 6.07 Å². The molecule has 6 nitrogen and oxygen atoms in total. The summed E-state index contributed by atoms with van der Waals surface area (Å²) in [6.45, 7) is 1.46. The molecule has 110 valence electrons. The Kier molecular flexibility index (Phi) is 4.33. The number of ether oxygens (including phenoxy) is 1. The van der Waals surface area contributed by atoms with E-state index in [1.165, 1.54) is 11.3 Å². The minimum Gasteiger partial charge on any atom is -0.370 e. The molecule has 1 saturated heterocycles. The highest BCUT2D eigenvalue weighted by Crippen LogP contribution is 2.28. The van der Waals surface area contributed by atoms with Crippen LogP contribution in [-0.4, -0.2) is 40.8 Å². The topological polar surface area (TPSA) is 67.4 Å². The lowest BCUT2D eigenvalue weighted by molar-refractivity contribution is -0.0134. The number of halogens is 1. The monoisotopic (exact) mass is 324 g/mol. The summed E-state index contributed by atoms with van der Waals surface area (Å²) in [6.07, 6.45) is -0.215. The average molecular weight is 325 g/mol. The zero-order valence-electron chi connectivity index (χ0n) is 11.0. The second-order valence-electron chi connectivity index (χ2n) is 4.50. The Labute approximate surface area is 130 Å². The Morgan fingerprint density at radius 1 is 1.48 bits per heavy atom. The van der Waals surface area contributed by atoms with Gasteiger partial charge in [-0.3, -0.25) is 5.32 Å². The molecule has 0 aliphatic carbocycles. The fourth-order valence-corrected chi connectivity index (χ4v) is 2.85. The number of hydrogen-bond donors (Lipinski definition) is 1. The number of benzene rings is 1. The van der Waals surface area contributed by atoms with Crippen molar-refractivity contribution < 1.29 is 9.53 Å². The number of aromatic nitrogens is 2. The van der Waals surface area contributed by atoms with Crippen molar-refractivity contribution in [3.63, 3.8) is 0 Å². The van der Waals surface area contributed by atoms with Gasteiger partial charge in [-0.1, -0.05) is 41.1 Å². The fourth-order valence-electron chi connectivity index (χ4n) is 2.16. The quantitative estimate of drug-likeness (QED) is 0.922. The van der Waals surface area contributed by atoms with E-state index in [4.69, 9.17) is 16.3 Å². The van der Waals surface area contributed by atoms with Crippen molar-refractivity contribution in [1.82, 2.24) is 15.1 Å². The lowest BCUT2D eigenvalue weighted by Crippen LogP contribution is -2.44. The van der Waals surface area contributed by atoms with Crippen LogP contribution in [0.25, 0.3) is 0 Å². The minimum absolute atomic E-state index is 0.202. The van der Waals surface area contributed by atoms with Crippen molar-refractivity contribution in [1.29, 1.82) is 0 Å². The number of urea groups is 1. The van der Waals surface area contributed by atoms with Crippen molar-refractivity contribution in [2.24, 2.45) is 0 Å². The van der Waals surface area contributed by atoms with Gasteiger partial charge in [-0.2, -0.15) is 0 Å². The van der Waals surface area contributed by atoms with Crippen LogP contribution in [0.2, 0.25) is 5.02 Å². The van der Waals surface area contributed by atoms with Crippen LogP contribution in [0.1, 0.15) is 11.7 Å². The normalized spacial score (nSPS) is 18.5. The predicted molar refractivity (Wildman–Crippen MR) is 80.6 cm³/mol. The molecule has 1 aromatic heterocycles. The Morgan fingerprint density at radius 3 is 3.10 bits per heavy atom. The molecule has 1 atom stereocenters. The number of anilines is 1. The summed E-state index contributed by atoms with van der Waals surface area (Å²) in [5, 5.41) is 11.3. The highest BCUT2D eigenvalue weighted by Gasteiger charge is 2.27. The molecule has 0 bridgehead atoms. The van der Waals surface area contributed by atoms with Gasteiger partial charge >= 0.3 is 6.03 Å². The van der Waals surface area contributed by atoms with Gasteiger partial charge in [-0.15, -0.1) is 10.2 Å². The molecule has 2 heterocycles. The van der Waals surface area contributed by atoms with Crippen molar-refractivity contribution in [2.45, 2.75) is 6.10 Å². The van der Waals surface area contributed by atoms with Crippen LogP contribution in [0.4, 0.5) is 9.93 Å². The summed E-state index contributed by atoms with van der Waals surface area (Å²) >= 11 is 7.47. The molecular weight excluding hydrogens is 312 g/mol. The molecule has 2 aromatic rings. The number of carbonyl (C=O) groups excluding carboxylic acids is 1. The summed E-state index contributed by atoms with van der Waals surface area (Å²) in [6, 6.07) is 7.31. The molecule has 3 rings (SSSR count). The molecule has 8 heteroatoms. The molecule has 1 aliphatic rings. The van der Waals surface area contributed by atoms with Gasteiger partial charge in [0.05, 0.1) is 13.2 Å². The highest BCUT2D eigenvalue weighted by molar-refractivity contribution is 7.13. The maximum atomic E-state index is 12.2. The third-order valence-corrected chi connectivity index (χ3v) is 4.13. The lowest BCUT2D eigenvalue weighted by atomic mass is 10.1. The molecule has 1 fully saturated rings. The number of amides is 2.